The van der Waals surface area contributed by atoms with E-state index in [-0.39, 0.29) is 12.4 Å². The topological polar surface area (TPSA) is 61.5 Å². The van der Waals surface area contributed by atoms with Crippen molar-refractivity contribution >= 4 is 5.97 Å². The lowest BCUT2D eigenvalue weighted by Crippen LogP contribution is -2.18. The van der Waals surface area contributed by atoms with Crippen LogP contribution >= 0.6 is 0 Å². The van der Waals surface area contributed by atoms with Gasteiger partial charge in [-0.2, -0.15) is 0 Å². The van der Waals surface area contributed by atoms with Gasteiger partial charge in [-0.15, -0.1) is 0 Å². The van der Waals surface area contributed by atoms with E-state index in [1.165, 1.54) is 0 Å². The maximum atomic E-state index is 11.6. The molecule has 0 aliphatic heterocycles. The zero-order chi connectivity index (χ0) is 15.8. The van der Waals surface area contributed by atoms with Crippen molar-refractivity contribution in [2.24, 2.45) is 5.73 Å². The fourth-order valence-corrected chi connectivity index (χ4v) is 2.16. The lowest BCUT2D eigenvalue weighted by atomic mass is 10.0. The molecule has 4 heteroatoms. The molecule has 0 spiro atoms. The molecule has 0 radical (unpaired) electrons. The van der Waals surface area contributed by atoms with Crippen LogP contribution in [0.25, 0.3) is 0 Å². The first-order valence-electron chi connectivity index (χ1n) is 7.37. The zero-order valence-electron chi connectivity index (χ0n) is 12.7. The summed E-state index contributed by atoms with van der Waals surface area (Å²) in [5.74, 6) is 0.399. The number of carbonyl (C=O) groups excluding carboxylic acids is 1. The molecule has 0 saturated heterocycles. The summed E-state index contributed by atoms with van der Waals surface area (Å²) in [5.41, 5.74) is 8.01. The number of hydrogen-bond acceptors (Lipinski definition) is 4. The van der Waals surface area contributed by atoms with Crippen LogP contribution in [0.15, 0.2) is 54.6 Å². The second-order valence-corrected chi connectivity index (χ2v) is 4.93. The second kappa shape index (κ2) is 8.20. The average Bonchev–Trinajstić information content (AvgIpc) is 2.54. The van der Waals surface area contributed by atoms with Gasteiger partial charge in [-0.25, -0.2) is 0 Å². The summed E-state index contributed by atoms with van der Waals surface area (Å²) in [6.07, 6.45) is 0.138. The molecule has 0 heterocycles. The highest BCUT2D eigenvalue weighted by Gasteiger charge is 2.16. The molecule has 0 saturated carbocycles. The van der Waals surface area contributed by atoms with Crippen molar-refractivity contribution in [2.45, 2.75) is 26.0 Å². The van der Waals surface area contributed by atoms with E-state index in [4.69, 9.17) is 15.2 Å². The van der Waals surface area contributed by atoms with E-state index in [1.54, 1.807) is 6.92 Å². The molecule has 2 rings (SSSR count). The summed E-state index contributed by atoms with van der Waals surface area (Å²) < 4.78 is 10.8. The minimum Gasteiger partial charge on any atom is -0.489 e. The van der Waals surface area contributed by atoms with Gasteiger partial charge in [0.25, 0.3) is 0 Å². The summed E-state index contributed by atoms with van der Waals surface area (Å²) in [5, 5.41) is 0. The van der Waals surface area contributed by atoms with E-state index < -0.39 is 6.04 Å². The summed E-state index contributed by atoms with van der Waals surface area (Å²) in [6, 6.07) is 17.0. The number of benzene rings is 2. The van der Waals surface area contributed by atoms with Gasteiger partial charge in [0.1, 0.15) is 12.4 Å². The van der Waals surface area contributed by atoms with Crippen LogP contribution in [0.1, 0.15) is 30.5 Å². The molecule has 2 N–H and O–H groups in total. The molecule has 2 aromatic rings. The van der Waals surface area contributed by atoms with E-state index in [9.17, 15) is 4.79 Å². The molecule has 22 heavy (non-hydrogen) atoms. The Labute approximate surface area is 130 Å². The summed E-state index contributed by atoms with van der Waals surface area (Å²) in [4.78, 5) is 11.6. The van der Waals surface area contributed by atoms with E-state index in [0.717, 1.165) is 11.1 Å². The van der Waals surface area contributed by atoms with Gasteiger partial charge in [0, 0.05) is 11.6 Å². The third-order valence-electron chi connectivity index (χ3n) is 3.25. The Kier molecular flexibility index (Phi) is 5.98. The molecule has 2 aromatic carbocycles. The molecule has 4 nitrogen and oxygen atoms in total. The van der Waals surface area contributed by atoms with Crippen molar-refractivity contribution < 1.29 is 14.3 Å². The monoisotopic (exact) mass is 299 g/mol. The van der Waals surface area contributed by atoms with Crippen LogP contribution in [0.5, 0.6) is 5.75 Å². The third kappa shape index (κ3) is 4.60. The highest BCUT2D eigenvalue weighted by molar-refractivity contribution is 5.70. The maximum Gasteiger partial charge on any atom is 0.307 e. The zero-order valence-corrected chi connectivity index (χ0v) is 12.7. The number of para-hydroxylation sites is 1. The number of nitrogens with two attached hydrogens (primary N) is 1. The SMILES string of the molecule is CCOC(=O)C[C@@H](N)c1ccccc1OCc1ccccc1. The van der Waals surface area contributed by atoms with E-state index in [0.29, 0.717) is 19.0 Å². The number of rotatable bonds is 7. The molecule has 0 bridgehead atoms. The van der Waals surface area contributed by atoms with Gasteiger partial charge in [0.2, 0.25) is 0 Å². The van der Waals surface area contributed by atoms with Gasteiger partial charge >= 0.3 is 5.97 Å². The first-order chi connectivity index (χ1) is 10.7. The molecule has 1 atom stereocenters. The summed E-state index contributed by atoms with van der Waals surface area (Å²) in [6.45, 7) is 2.60. The Hall–Kier alpha value is -2.33. The second-order valence-electron chi connectivity index (χ2n) is 4.93. The van der Waals surface area contributed by atoms with Gasteiger partial charge < -0.3 is 15.2 Å². The quantitative estimate of drug-likeness (QED) is 0.797. The van der Waals surface area contributed by atoms with Gasteiger partial charge in [-0.3, -0.25) is 4.79 Å². The largest absolute Gasteiger partial charge is 0.489 e. The summed E-state index contributed by atoms with van der Waals surface area (Å²) >= 11 is 0. The molecule has 0 aliphatic carbocycles. The fraction of sp³-hybridized carbons (Fsp3) is 0.278. The van der Waals surface area contributed by atoms with Gasteiger partial charge in [0.15, 0.2) is 0 Å². The molecule has 0 aliphatic rings. The number of hydrogen-bond donors (Lipinski definition) is 1. The predicted molar refractivity (Wildman–Crippen MR) is 85.4 cm³/mol. The molecule has 0 aromatic heterocycles. The number of esters is 1. The number of carbonyl (C=O) groups is 1. The molecule has 116 valence electrons. The maximum absolute atomic E-state index is 11.6. The van der Waals surface area contributed by atoms with Crippen LogP contribution in [0, 0.1) is 0 Å². The molecule has 0 amide bonds. The van der Waals surface area contributed by atoms with Crippen molar-refractivity contribution in [3.63, 3.8) is 0 Å². The average molecular weight is 299 g/mol. The van der Waals surface area contributed by atoms with Crippen LogP contribution < -0.4 is 10.5 Å². The Morgan fingerprint density at radius 2 is 1.77 bits per heavy atom. The molecular formula is C18H21NO3. The Bertz CT molecular complexity index is 598. The van der Waals surface area contributed by atoms with Crippen LogP contribution in [0.3, 0.4) is 0 Å². The van der Waals surface area contributed by atoms with Crippen molar-refractivity contribution in [3.8, 4) is 5.75 Å². The van der Waals surface area contributed by atoms with Crippen LogP contribution in [0.4, 0.5) is 0 Å². The lowest BCUT2D eigenvalue weighted by molar-refractivity contribution is -0.143. The van der Waals surface area contributed by atoms with Crippen LogP contribution in [0.2, 0.25) is 0 Å². The molecule has 0 unspecified atom stereocenters. The first kappa shape index (κ1) is 16.0. The highest BCUT2D eigenvalue weighted by Crippen LogP contribution is 2.26. The minimum atomic E-state index is -0.439. The first-order valence-corrected chi connectivity index (χ1v) is 7.37. The standard InChI is InChI=1S/C18H21NO3/c1-2-21-18(20)12-16(19)15-10-6-7-11-17(15)22-13-14-8-4-3-5-9-14/h3-11,16H,2,12-13,19H2,1H3/t16-/m1/s1. The lowest BCUT2D eigenvalue weighted by Gasteiger charge is -2.16. The van der Waals surface area contributed by atoms with Gasteiger partial charge in [0.05, 0.1) is 13.0 Å². The predicted octanol–water partition coefficient (Wildman–Crippen LogP) is 3.22. The Morgan fingerprint density at radius 3 is 2.50 bits per heavy atom. The van der Waals surface area contributed by atoms with Gasteiger partial charge in [-0.1, -0.05) is 48.5 Å². The van der Waals surface area contributed by atoms with Crippen molar-refractivity contribution in [1.29, 1.82) is 0 Å². The van der Waals surface area contributed by atoms with Crippen LogP contribution in [-0.4, -0.2) is 12.6 Å². The minimum absolute atomic E-state index is 0.138. The highest BCUT2D eigenvalue weighted by atomic mass is 16.5. The van der Waals surface area contributed by atoms with E-state index in [1.807, 2.05) is 54.6 Å². The molecular weight excluding hydrogens is 278 g/mol. The fourth-order valence-electron chi connectivity index (χ4n) is 2.16. The van der Waals surface area contributed by atoms with Crippen molar-refractivity contribution in [2.75, 3.05) is 6.61 Å². The van der Waals surface area contributed by atoms with Crippen LogP contribution in [-0.2, 0) is 16.1 Å². The third-order valence-corrected chi connectivity index (χ3v) is 3.25. The van der Waals surface area contributed by atoms with E-state index >= 15 is 0 Å². The Morgan fingerprint density at radius 1 is 1.09 bits per heavy atom. The van der Waals surface area contributed by atoms with Crippen molar-refractivity contribution in [3.05, 3.63) is 65.7 Å². The number of ether oxygens (including phenoxy) is 2. The Balaban J connectivity index is 2.04. The summed E-state index contributed by atoms with van der Waals surface area (Å²) in [7, 11) is 0. The smallest absolute Gasteiger partial charge is 0.307 e. The normalized spacial score (nSPS) is 11.7. The van der Waals surface area contributed by atoms with Crippen molar-refractivity contribution in [1.82, 2.24) is 0 Å². The van der Waals surface area contributed by atoms with E-state index in [2.05, 4.69) is 0 Å². The molecule has 0 fully saturated rings. The van der Waals surface area contributed by atoms with Gasteiger partial charge in [-0.05, 0) is 18.6 Å².